The van der Waals surface area contributed by atoms with E-state index < -0.39 is 11.7 Å². The highest BCUT2D eigenvalue weighted by Gasteiger charge is 2.29. The number of aromatic nitrogens is 2. The predicted octanol–water partition coefficient (Wildman–Crippen LogP) is 4.04. The van der Waals surface area contributed by atoms with Crippen LogP contribution < -0.4 is 5.32 Å². The summed E-state index contributed by atoms with van der Waals surface area (Å²) < 4.78 is 39.4. The first kappa shape index (κ1) is 17.7. The zero-order valence-corrected chi connectivity index (χ0v) is 13.9. The average molecular weight is 359 g/mol. The van der Waals surface area contributed by atoms with Gasteiger partial charge >= 0.3 is 6.18 Å². The van der Waals surface area contributed by atoms with Crippen LogP contribution in [-0.2, 0) is 19.8 Å². The maximum absolute atomic E-state index is 12.6. The first-order chi connectivity index (χ1) is 12.3. The molecule has 0 saturated carbocycles. The number of nitrogens with one attached hydrogen (secondary N) is 1. The quantitative estimate of drug-likeness (QED) is 0.764. The summed E-state index contributed by atoms with van der Waals surface area (Å²) in [6.07, 6.45) is 0.815. The molecule has 0 aliphatic rings. The molecule has 0 fully saturated rings. The Morgan fingerprint density at radius 1 is 1.08 bits per heavy atom. The van der Waals surface area contributed by atoms with Crippen LogP contribution in [0.15, 0.2) is 61.1 Å². The van der Waals surface area contributed by atoms with Crippen molar-refractivity contribution in [3.63, 3.8) is 0 Å². The van der Waals surface area contributed by atoms with Crippen molar-refractivity contribution in [1.29, 1.82) is 0 Å². The monoisotopic (exact) mass is 359 g/mol. The van der Waals surface area contributed by atoms with E-state index in [1.165, 1.54) is 12.1 Å². The molecule has 2 heterocycles. The van der Waals surface area contributed by atoms with Crippen LogP contribution in [0, 0.1) is 0 Å². The second kappa shape index (κ2) is 7.03. The van der Waals surface area contributed by atoms with Crippen LogP contribution in [0.5, 0.6) is 0 Å². The second-order valence-corrected chi connectivity index (χ2v) is 5.84. The van der Waals surface area contributed by atoms with Gasteiger partial charge in [-0.05, 0) is 41.5 Å². The Morgan fingerprint density at radius 2 is 1.73 bits per heavy atom. The number of aryl methyl sites for hydroxylation is 1. The van der Waals surface area contributed by atoms with Crippen LogP contribution in [0.1, 0.15) is 21.6 Å². The van der Waals surface area contributed by atoms with E-state index in [9.17, 15) is 18.0 Å². The molecule has 4 nitrogen and oxygen atoms in total. The molecule has 1 amide bonds. The highest BCUT2D eigenvalue weighted by atomic mass is 19.4. The minimum atomic E-state index is -4.37. The van der Waals surface area contributed by atoms with Crippen molar-refractivity contribution in [1.82, 2.24) is 14.9 Å². The predicted molar refractivity (Wildman–Crippen MR) is 91.3 cm³/mol. The third-order valence-electron chi connectivity index (χ3n) is 3.99. The summed E-state index contributed by atoms with van der Waals surface area (Å²) in [4.78, 5) is 16.3. The standard InChI is InChI=1S/C19H16F3N3O/c1-25-12-15(14-6-8-23-9-7-14)10-17(25)18(26)24-11-13-2-4-16(5-3-13)19(20,21)22/h2-10,12H,11H2,1H3,(H,24,26). The first-order valence-electron chi connectivity index (χ1n) is 7.86. The highest BCUT2D eigenvalue weighted by molar-refractivity contribution is 5.94. The van der Waals surface area contributed by atoms with E-state index in [4.69, 9.17) is 0 Å². The molecule has 134 valence electrons. The highest BCUT2D eigenvalue weighted by Crippen LogP contribution is 2.29. The summed E-state index contributed by atoms with van der Waals surface area (Å²) in [5.74, 6) is -0.298. The third kappa shape index (κ3) is 3.93. The molecule has 0 aliphatic heterocycles. The number of halogens is 3. The van der Waals surface area contributed by atoms with Crippen molar-refractivity contribution in [3.8, 4) is 11.1 Å². The number of carbonyl (C=O) groups is 1. The molecular formula is C19H16F3N3O. The normalized spacial score (nSPS) is 11.4. The third-order valence-corrected chi connectivity index (χ3v) is 3.99. The molecule has 3 rings (SSSR count). The average Bonchev–Trinajstić information content (AvgIpc) is 3.02. The Hall–Kier alpha value is -3.09. The van der Waals surface area contributed by atoms with Crippen LogP contribution in [0.4, 0.5) is 13.2 Å². The molecule has 1 aromatic carbocycles. The Morgan fingerprint density at radius 3 is 2.35 bits per heavy atom. The van der Waals surface area contributed by atoms with Gasteiger partial charge in [-0.2, -0.15) is 13.2 Å². The molecule has 26 heavy (non-hydrogen) atoms. The van der Waals surface area contributed by atoms with Crippen molar-refractivity contribution in [2.45, 2.75) is 12.7 Å². The molecule has 0 aliphatic carbocycles. The Labute approximate surface area is 148 Å². The summed E-state index contributed by atoms with van der Waals surface area (Å²) >= 11 is 0. The molecular weight excluding hydrogens is 343 g/mol. The lowest BCUT2D eigenvalue weighted by molar-refractivity contribution is -0.137. The smallest absolute Gasteiger partial charge is 0.347 e. The summed E-state index contributed by atoms with van der Waals surface area (Å²) in [6.45, 7) is 0.146. The van der Waals surface area contributed by atoms with Gasteiger partial charge in [-0.25, -0.2) is 0 Å². The van der Waals surface area contributed by atoms with Gasteiger partial charge in [0.2, 0.25) is 0 Å². The fourth-order valence-electron chi connectivity index (χ4n) is 2.58. The Bertz CT molecular complexity index is 900. The van der Waals surface area contributed by atoms with Crippen LogP contribution in [0.3, 0.4) is 0 Å². The second-order valence-electron chi connectivity index (χ2n) is 5.84. The number of hydrogen-bond acceptors (Lipinski definition) is 2. The van der Waals surface area contributed by atoms with Gasteiger partial charge < -0.3 is 9.88 Å². The fraction of sp³-hybridized carbons (Fsp3) is 0.158. The van der Waals surface area contributed by atoms with E-state index in [0.29, 0.717) is 11.3 Å². The van der Waals surface area contributed by atoms with E-state index in [1.807, 2.05) is 18.3 Å². The van der Waals surface area contributed by atoms with Gasteiger partial charge in [-0.3, -0.25) is 9.78 Å². The van der Waals surface area contributed by atoms with Crippen molar-refractivity contribution in [2.24, 2.45) is 7.05 Å². The Balaban J connectivity index is 1.68. The van der Waals surface area contributed by atoms with Crippen molar-refractivity contribution < 1.29 is 18.0 Å². The number of benzene rings is 1. The summed E-state index contributed by atoms with van der Waals surface area (Å²) in [6, 6.07) is 10.2. The molecule has 0 saturated heterocycles. The van der Waals surface area contributed by atoms with Gasteiger partial charge in [0.15, 0.2) is 0 Å². The van der Waals surface area contributed by atoms with Crippen molar-refractivity contribution >= 4 is 5.91 Å². The zero-order chi connectivity index (χ0) is 18.7. The van der Waals surface area contributed by atoms with E-state index in [2.05, 4.69) is 10.3 Å². The number of pyridine rings is 1. The Kier molecular flexibility index (Phi) is 4.79. The van der Waals surface area contributed by atoms with Crippen LogP contribution in [0.25, 0.3) is 11.1 Å². The lowest BCUT2D eigenvalue weighted by Gasteiger charge is -2.09. The number of amides is 1. The van der Waals surface area contributed by atoms with Crippen LogP contribution in [0.2, 0.25) is 0 Å². The number of alkyl halides is 3. The van der Waals surface area contributed by atoms with Gasteiger partial charge in [0, 0.05) is 37.7 Å². The van der Waals surface area contributed by atoms with Gasteiger partial charge in [0.25, 0.3) is 5.91 Å². The van der Waals surface area contributed by atoms with Crippen LogP contribution >= 0.6 is 0 Å². The topological polar surface area (TPSA) is 46.9 Å². The van der Waals surface area contributed by atoms with Gasteiger partial charge in [0.05, 0.1) is 5.56 Å². The lowest BCUT2D eigenvalue weighted by atomic mass is 10.1. The number of carbonyl (C=O) groups excluding carboxylic acids is 1. The maximum Gasteiger partial charge on any atom is 0.416 e. The summed E-state index contributed by atoms with van der Waals surface area (Å²) in [5.41, 5.74) is 2.17. The molecule has 0 unspecified atom stereocenters. The van der Waals surface area contributed by atoms with Crippen LogP contribution in [-0.4, -0.2) is 15.5 Å². The number of hydrogen-bond donors (Lipinski definition) is 1. The van der Waals surface area contributed by atoms with E-state index >= 15 is 0 Å². The fourth-order valence-corrected chi connectivity index (χ4v) is 2.58. The molecule has 1 N–H and O–H groups in total. The molecule has 7 heteroatoms. The van der Waals surface area contributed by atoms with Gasteiger partial charge in [-0.15, -0.1) is 0 Å². The molecule has 0 spiro atoms. The van der Waals surface area contributed by atoms with E-state index in [1.54, 1.807) is 30.1 Å². The molecule has 2 aromatic heterocycles. The minimum absolute atomic E-state index is 0.146. The molecule has 0 atom stereocenters. The SMILES string of the molecule is Cn1cc(-c2ccncc2)cc1C(=O)NCc1ccc(C(F)(F)F)cc1. The maximum atomic E-state index is 12.6. The number of nitrogens with zero attached hydrogens (tertiary/aromatic N) is 2. The molecule has 0 bridgehead atoms. The minimum Gasteiger partial charge on any atom is -0.347 e. The molecule has 3 aromatic rings. The van der Waals surface area contributed by atoms with E-state index in [-0.39, 0.29) is 12.5 Å². The van der Waals surface area contributed by atoms with Crippen molar-refractivity contribution in [2.75, 3.05) is 0 Å². The summed E-state index contributed by atoms with van der Waals surface area (Å²) in [5, 5.41) is 2.73. The van der Waals surface area contributed by atoms with Gasteiger partial charge in [0.1, 0.15) is 5.69 Å². The summed E-state index contributed by atoms with van der Waals surface area (Å²) in [7, 11) is 1.76. The lowest BCUT2D eigenvalue weighted by Crippen LogP contribution is -2.24. The van der Waals surface area contributed by atoms with Gasteiger partial charge in [-0.1, -0.05) is 12.1 Å². The molecule has 0 radical (unpaired) electrons. The van der Waals surface area contributed by atoms with Crippen molar-refractivity contribution in [3.05, 3.63) is 77.9 Å². The first-order valence-corrected chi connectivity index (χ1v) is 7.86. The largest absolute Gasteiger partial charge is 0.416 e. The zero-order valence-electron chi connectivity index (χ0n) is 13.9. The van der Waals surface area contributed by atoms with E-state index in [0.717, 1.165) is 23.3 Å². The number of rotatable bonds is 4.